The Morgan fingerprint density at radius 1 is 1.29 bits per heavy atom. The third kappa shape index (κ3) is 5.28. The number of hydrogen-bond donors (Lipinski definition) is 2. The molecular weight excluding hydrogens is 292 g/mol. The normalized spacial score (nSPS) is 13.1. The molecule has 0 heterocycles. The number of sulfonamides is 1. The van der Waals surface area contributed by atoms with Crippen LogP contribution in [0.3, 0.4) is 0 Å². The Morgan fingerprint density at radius 2 is 2.00 bits per heavy atom. The summed E-state index contributed by atoms with van der Waals surface area (Å²) in [6, 6.07) is 4.98. The highest BCUT2D eigenvalue weighted by molar-refractivity contribution is 7.89. The number of likely N-dealkylation sites (N-methyl/N-ethyl adjacent to an activating group) is 1. The van der Waals surface area contributed by atoms with Crippen molar-refractivity contribution in [2.24, 2.45) is 0 Å². The van der Waals surface area contributed by atoms with Gasteiger partial charge in [-0.3, -0.25) is 0 Å². The first-order valence-electron chi connectivity index (χ1n) is 6.78. The van der Waals surface area contributed by atoms with E-state index in [1.807, 2.05) is 7.05 Å². The Bertz CT molecular complexity index is 546. The third-order valence-corrected chi connectivity index (χ3v) is 4.69. The van der Waals surface area contributed by atoms with Crippen molar-refractivity contribution in [2.75, 3.05) is 34.4 Å². The molecular formula is C14H24N2O4S. The molecule has 1 aromatic carbocycles. The minimum absolute atomic E-state index is 0.182. The minimum atomic E-state index is -3.56. The van der Waals surface area contributed by atoms with Gasteiger partial charge in [-0.05, 0) is 50.7 Å². The molecule has 1 rings (SSSR count). The second-order valence-electron chi connectivity index (χ2n) is 4.73. The van der Waals surface area contributed by atoms with Gasteiger partial charge in [0.1, 0.15) is 5.75 Å². The molecule has 0 amide bonds. The maximum absolute atomic E-state index is 12.4. The molecule has 0 aliphatic carbocycles. The van der Waals surface area contributed by atoms with E-state index >= 15 is 0 Å². The molecule has 120 valence electrons. The first kappa shape index (κ1) is 17.9. The maximum Gasteiger partial charge on any atom is 0.240 e. The maximum atomic E-state index is 12.4. The third-order valence-electron chi connectivity index (χ3n) is 3.16. The molecule has 0 aromatic heterocycles. The predicted octanol–water partition coefficient (Wildman–Crippen LogP) is 0.770. The van der Waals surface area contributed by atoms with Crippen molar-refractivity contribution in [1.82, 2.24) is 10.0 Å². The highest BCUT2D eigenvalue weighted by Gasteiger charge is 2.19. The van der Waals surface area contributed by atoms with E-state index in [4.69, 9.17) is 9.47 Å². The zero-order valence-corrected chi connectivity index (χ0v) is 13.8. The molecule has 0 radical (unpaired) electrons. The van der Waals surface area contributed by atoms with Crippen molar-refractivity contribution < 1.29 is 17.9 Å². The van der Waals surface area contributed by atoms with Gasteiger partial charge in [-0.2, -0.15) is 0 Å². The molecule has 0 saturated heterocycles. The van der Waals surface area contributed by atoms with Crippen molar-refractivity contribution in [2.45, 2.75) is 24.3 Å². The van der Waals surface area contributed by atoms with E-state index in [9.17, 15) is 8.42 Å². The van der Waals surface area contributed by atoms with Crippen molar-refractivity contribution in [1.29, 1.82) is 0 Å². The van der Waals surface area contributed by atoms with Gasteiger partial charge in [0.25, 0.3) is 0 Å². The summed E-state index contributed by atoms with van der Waals surface area (Å²) in [5.74, 6) is 0.644. The smallest absolute Gasteiger partial charge is 0.240 e. The summed E-state index contributed by atoms with van der Waals surface area (Å²) < 4.78 is 37.6. The van der Waals surface area contributed by atoms with Gasteiger partial charge in [0.15, 0.2) is 0 Å². The molecule has 0 aliphatic rings. The lowest BCUT2D eigenvalue weighted by Crippen LogP contribution is -2.32. The Balaban J connectivity index is 3.03. The van der Waals surface area contributed by atoms with Crippen molar-refractivity contribution in [3.8, 4) is 5.75 Å². The van der Waals surface area contributed by atoms with E-state index in [2.05, 4.69) is 10.0 Å². The fourth-order valence-corrected chi connectivity index (χ4v) is 3.15. The molecule has 0 saturated carbocycles. The number of benzene rings is 1. The minimum Gasteiger partial charge on any atom is -0.497 e. The van der Waals surface area contributed by atoms with Gasteiger partial charge in [0, 0.05) is 13.7 Å². The molecule has 0 spiro atoms. The first-order chi connectivity index (χ1) is 9.94. The molecule has 1 aromatic rings. The summed E-state index contributed by atoms with van der Waals surface area (Å²) in [7, 11) is 1.37. The molecule has 1 unspecified atom stereocenters. The molecule has 0 bridgehead atoms. The molecule has 0 fully saturated rings. The number of hydrogen-bond acceptors (Lipinski definition) is 5. The van der Waals surface area contributed by atoms with Crippen LogP contribution in [-0.2, 0) is 21.2 Å². The van der Waals surface area contributed by atoms with Crippen LogP contribution in [0.2, 0.25) is 0 Å². The van der Waals surface area contributed by atoms with Crippen LogP contribution in [0.1, 0.15) is 12.5 Å². The van der Waals surface area contributed by atoms with Crippen LogP contribution in [0.15, 0.2) is 23.1 Å². The lowest BCUT2D eigenvalue weighted by molar-refractivity contribution is 0.122. The highest BCUT2D eigenvalue weighted by Crippen LogP contribution is 2.22. The summed E-state index contributed by atoms with van der Waals surface area (Å²) in [5.41, 5.74) is 0.723. The van der Waals surface area contributed by atoms with Crippen LogP contribution in [-0.4, -0.2) is 48.9 Å². The molecule has 1 atom stereocenters. The zero-order valence-electron chi connectivity index (χ0n) is 13.0. The molecule has 6 nitrogen and oxygen atoms in total. The first-order valence-corrected chi connectivity index (χ1v) is 8.27. The van der Waals surface area contributed by atoms with E-state index in [1.165, 1.54) is 0 Å². The average molecular weight is 316 g/mol. The number of methoxy groups -OCH3 is 2. The monoisotopic (exact) mass is 316 g/mol. The fourth-order valence-electron chi connectivity index (χ4n) is 1.79. The lowest BCUT2D eigenvalue weighted by atomic mass is 10.1. The van der Waals surface area contributed by atoms with Gasteiger partial charge >= 0.3 is 0 Å². The Hall–Kier alpha value is -1.15. The standard InChI is InChI=1S/C14H24N2O4S/c1-11(19-3)10-16-21(17,18)14-6-5-13(20-4)9-12(14)7-8-15-2/h5-6,9,11,15-16H,7-8,10H2,1-4H3. The van der Waals surface area contributed by atoms with Gasteiger partial charge in [-0.1, -0.05) is 0 Å². The van der Waals surface area contributed by atoms with Crippen LogP contribution in [0.25, 0.3) is 0 Å². The quantitative estimate of drug-likeness (QED) is 0.704. The molecule has 21 heavy (non-hydrogen) atoms. The van der Waals surface area contributed by atoms with E-state index in [1.54, 1.807) is 39.3 Å². The van der Waals surface area contributed by atoms with E-state index in [0.717, 1.165) is 5.56 Å². The lowest BCUT2D eigenvalue weighted by Gasteiger charge is -2.15. The SMILES string of the molecule is CNCCc1cc(OC)ccc1S(=O)(=O)NCC(C)OC. The van der Waals surface area contributed by atoms with Crippen LogP contribution in [0, 0.1) is 0 Å². The summed E-state index contributed by atoms with van der Waals surface area (Å²) in [6.07, 6.45) is 0.419. The van der Waals surface area contributed by atoms with Crippen LogP contribution < -0.4 is 14.8 Å². The van der Waals surface area contributed by atoms with Gasteiger partial charge in [-0.25, -0.2) is 13.1 Å². The van der Waals surface area contributed by atoms with E-state index in [0.29, 0.717) is 18.7 Å². The van der Waals surface area contributed by atoms with Gasteiger partial charge in [0.05, 0.1) is 18.1 Å². The Morgan fingerprint density at radius 3 is 2.57 bits per heavy atom. The van der Waals surface area contributed by atoms with Crippen molar-refractivity contribution >= 4 is 10.0 Å². The van der Waals surface area contributed by atoms with Gasteiger partial charge in [0.2, 0.25) is 10.0 Å². The van der Waals surface area contributed by atoms with Crippen molar-refractivity contribution in [3.63, 3.8) is 0 Å². The topological polar surface area (TPSA) is 76.7 Å². The summed E-state index contributed by atoms with van der Waals surface area (Å²) in [6.45, 7) is 2.72. The zero-order chi connectivity index (χ0) is 15.9. The number of ether oxygens (including phenoxy) is 2. The van der Waals surface area contributed by atoms with Crippen LogP contribution in [0.4, 0.5) is 0 Å². The average Bonchev–Trinajstić information content (AvgIpc) is 2.50. The molecule has 0 aliphatic heterocycles. The number of nitrogens with one attached hydrogen (secondary N) is 2. The van der Waals surface area contributed by atoms with Crippen LogP contribution in [0.5, 0.6) is 5.75 Å². The van der Waals surface area contributed by atoms with E-state index < -0.39 is 10.0 Å². The summed E-state index contributed by atoms with van der Waals surface area (Å²) >= 11 is 0. The predicted molar refractivity (Wildman–Crippen MR) is 82.3 cm³/mol. The van der Waals surface area contributed by atoms with Crippen LogP contribution >= 0.6 is 0 Å². The number of rotatable bonds is 9. The summed E-state index contributed by atoms with van der Waals surface area (Å²) in [4.78, 5) is 0.279. The Labute approximate surface area is 126 Å². The van der Waals surface area contributed by atoms with Gasteiger partial charge in [-0.15, -0.1) is 0 Å². The van der Waals surface area contributed by atoms with Gasteiger partial charge < -0.3 is 14.8 Å². The molecule has 2 N–H and O–H groups in total. The fraction of sp³-hybridized carbons (Fsp3) is 0.571. The second-order valence-corrected chi connectivity index (χ2v) is 6.46. The largest absolute Gasteiger partial charge is 0.497 e. The summed E-state index contributed by atoms with van der Waals surface area (Å²) in [5, 5.41) is 3.02. The van der Waals surface area contributed by atoms with E-state index in [-0.39, 0.29) is 17.5 Å². The second kappa shape index (κ2) is 8.33. The Kier molecular flexibility index (Phi) is 7.10. The highest BCUT2D eigenvalue weighted by atomic mass is 32.2. The molecule has 7 heteroatoms. The van der Waals surface area contributed by atoms with Crippen molar-refractivity contribution in [3.05, 3.63) is 23.8 Å².